The Hall–Kier alpha value is -3.68. The number of hydrogen-bond donors (Lipinski definition) is 2. The van der Waals surface area contributed by atoms with Gasteiger partial charge in [0, 0.05) is 60.5 Å². The van der Waals surface area contributed by atoms with Gasteiger partial charge in [-0.15, -0.1) is 0 Å². The molecule has 1 heterocycles. The Bertz CT molecular complexity index is 1190. The lowest BCUT2D eigenvalue weighted by Crippen LogP contribution is -2.40. The van der Waals surface area contributed by atoms with Gasteiger partial charge in [-0.25, -0.2) is 4.98 Å². The first-order valence-corrected chi connectivity index (χ1v) is 11.2. The Morgan fingerprint density at radius 1 is 1.06 bits per heavy atom. The van der Waals surface area contributed by atoms with Crippen molar-refractivity contribution in [3.05, 3.63) is 69.8 Å². The summed E-state index contributed by atoms with van der Waals surface area (Å²) in [4.78, 5) is 30.1. The molecule has 1 fully saturated rings. The second kappa shape index (κ2) is 9.44. The van der Waals surface area contributed by atoms with E-state index in [1.165, 1.54) is 12.1 Å². The summed E-state index contributed by atoms with van der Waals surface area (Å²) in [6.45, 7) is 1.65. The lowest BCUT2D eigenvalue weighted by molar-refractivity contribution is -0.385. The van der Waals surface area contributed by atoms with Crippen LogP contribution in [0.2, 0.25) is 0 Å². The van der Waals surface area contributed by atoms with Crippen LogP contribution in [0.25, 0.3) is 10.9 Å². The molecule has 172 valence electrons. The van der Waals surface area contributed by atoms with Crippen LogP contribution in [-0.2, 0) is 0 Å². The number of aryl methyl sites for hydroxylation is 1. The average molecular weight is 448 g/mol. The fourth-order valence-electron chi connectivity index (χ4n) is 4.46. The topological polar surface area (TPSA) is 100 Å². The van der Waals surface area contributed by atoms with Gasteiger partial charge in [-0.1, -0.05) is 18.2 Å². The van der Waals surface area contributed by atoms with Crippen molar-refractivity contribution in [2.45, 2.75) is 44.7 Å². The molecule has 0 aliphatic heterocycles. The summed E-state index contributed by atoms with van der Waals surface area (Å²) in [5.41, 5.74) is 3.06. The molecule has 4 rings (SSSR count). The first-order valence-electron chi connectivity index (χ1n) is 11.2. The van der Waals surface area contributed by atoms with Gasteiger partial charge in [0.25, 0.3) is 11.6 Å². The molecule has 2 N–H and O–H groups in total. The number of amides is 1. The Labute approximate surface area is 193 Å². The van der Waals surface area contributed by atoms with E-state index in [9.17, 15) is 14.9 Å². The van der Waals surface area contributed by atoms with Crippen LogP contribution in [0.5, 0.6) is 0 Å². The van der Waals surface area contributed by atoms with Crippen LogP contribution in [0, 0.1) is 17.0 Å². The summed E-state index contributed by atoms with van der Waals surface area (Å²) in [6, 6.07) is 15.1. The minimum Gasteiger partial charge on any atom is -0.377 e. The number of fused-ring (bicyclic) bond motifs is 1. The highest BCUT2D eigenvalue weighted by Gasteiger charge is 2.24. The first-order chi connectivity index (χ1) is 15.8. The van der Waals surface area contributed by atoms with E-state index in [-0.39, 0.29) is 17.6 Å². The predicted octanol–water partition coefficient (Wildman–Crippen LogP) is 4.67. The highest BCUT2D eigenvalue weighted by atomic mass is 16.6. The number of carbonyl (C=O) groups is 1. The molecule has 8 heteroatoms. The number of pyridine rings is 1. The SMILES string of the molecule is Cc1cc(C(=O)N[C@H]2CC[C@@H](Nc3cc(N(C)C)c4ccccc4n3)CC2)ccc1[N+](=O)[O-]. The van der Waals surface area contributed by atoms with Gasteiger partial charge in [-0.2, -0.15) is 0 Å². The van der Waals surface area contributed by atoms with E-state index in [1.54, 1.807) is 13.0 Å². The van der Waals surface area contributed by atoms with Crippen LogP contribution in [0.1, 0.15) is 41.6 Å². The van der Waals surface area contributed by atoms with Gasteiger partial charge in [0.1, 0.15) is 5.82 Å². The van der Waals surface area contributed by atoms with E-state index in [2.05, 4.69) is 27.7 Å². The molecule has 0 atom stereocenters. The predicted molar refractivity (Wildman–Crippen MR) is 131 cm³/mol. The first kappa shape index (κ1) is 22.5. The van der Waals surface area contributed by atoms with E-state index in [4.69, 9.17) is 4.98 Å². The van der Waals surface area contributed by atoms with Gasteiger partial charge >= 0.3 is 0 Å². The van der Waals surface area contributed by atoms with Crippen molar-refractivity contribution < 1.29 is 9.72 Å². The molecule has 0 saturated heterocycles. The van der Waals surface area contributed by atoms with Gasteiger partial charge in [-0.3, -0.25) is 14.9 Å². The molecule has 1 amide bonds. The number of nitrogens with one attached hydrogen (secondary N) is 2. The minimum atomic E-state index is -0.433. The van der Waals surface area contributed by atoms with E-state index in [1.807, 2.05) is 32.3 Å². The third kappa shape index (κ3) is 5.05. The van der Waals surface area contributed by atoms with Gasteiger partial charge in [-0.05, 0) is 50.8 Å². The molecule has 8 nitrogen and oxygen atoms in total. The van der Waals surface area contributed by atoms with Crippen LogP contribution in [0.15, 0.2) is 48.5 Å². The zero-order chi connectivity index (χ0) is 23.5. The normalized spacial score (nSPS) is 18.0. The van der Waals surface area contributed by atoms with Crippen molar-refractivity contribution in [2.24, 2.45) is 0 Å². The van der Waals surface area contributed by atoms with E-state index < -0.39 is 4.92 Å². The number of nitro benzene ring substituents is 1. The Kier molecular flexibility index (Phi) is 6.44. The second-order valence-electron chi connectivity index (χ2n) is 8.86. The maximum absolute atomic E-state index is 12.6. The minimum absolute atomic E-state index is 0.0258. The largest absolute Gasteiger partial charge is 0.377 e. The fraction of sp³-hybridized carbons (Fsp3) is 0.360. The smallest absolute Gasteiger partial charge is 0.272 e. The van der Waals surface area contributed by atoms with Crippen molar-refractivity contribution in [1.29, 1.82) is 0 Å². The third-order valence-electron chi connectivity index (χ3n) is 6.25. The summed E-state index contributed by atoms with van der Waals surface area (Å²) in [5.74, 6) is 0.683. The van der Waals surface area contributed by atoms with Crippen molar-refractivity contribution in [2.75, 3.05) is 24.3 Å². The van der Waals surface area contributed by atoms with Crippen LogP contribution in [0.3, 0.4) is 0 Å². The summed E-state index contributed by atoms with van der Waals surface area (Å²) in [5, 5.41) is 18.8. The lowest BCUT2D eigenvalue weighted by Gasteiger charge is -2.30. The molecular formula is C25H29N5O3. The molecule has 1 saturated carbocycles. The number of rotatable bonds is 6. The summed E-state index contributed by atoms with van der Waals surface area (Å²) in [7, 11) is 4.07. The van der Waals surface area contributed by atoms with Gasteiger partial charge in [0.15, 0.2) is 0 Å². The van der Waals surface area contributed by atoms with Crippen LogP contribution in [-0.4, -0.2) is 42.0 Å². The van der Waals surface area contributed by atoms with E-state index in [0.717, 1.165) is 48.1 Å². The van der Waals surface area contributed by atoms with Crippen LogP contribution >= 0.6 is 0 Å². The van der Waals surface area contributed by atoms with Gasteiger partial charge in [0.05, 0.1) is 10.4 Å². The molecular weight excluding hydrogens is 418 g/mol. The van der Waals surface area contributed by atoms with Crippen molar-refractivity contribution >= 4 is 34.0 Å². The average Bonchev–Trinajstić information content (AvgIpc) is 2.79. The number of nitrogens with zero attached hydrogens (tertiary/aromatic N) is 3. The fourth-order valence-corrected chi connectivity index (χ4v) is 4.46. The molecule has 0 radical (unpaired) electrons. The third-order valence-corrected chi connectivity index (χ3v) is 6.25. The Balaban J connectivity index is 1.36. The molecule has 33 heavy (non-hydrogen) atoms. The number of para-hydroxylation sites is 1. The van der Waals surface area contributed by atoms with E-state index in [0.29, 0.717) is 17.2 Å². The summed E-state index contributed by atoms with van der Waals surface area (Å²) in [6.07, 6.45) is 3.58. The molecule has 3 aromatic rings. The standard InChI is InChI=1S/C25H29N5O3/c1-16-14-17(8-13-22(16)30(32)33)25(31)27-19-11-9-18(10-12-19)26-24-15-23(29(2)3)20-6-4-5-7-21(20)28-24/h4-8,13-15,18-19H,9-12H2,1-3H3,(H,26,28)(H,27,31)/t18-,19+. The highest BCUT2D eigenvalue weighted by Crippen LogP contribution is 2.29. The maximum atomic E-state index is 12.6. The monoisotopic (exact) mass is 447 g/mol. The van der Waals surface area contributed by atoms with Gasteiger partial charge in [0.2, 0.25) is 0 Å². The molecule has 2 aromatic carbocycles. The number of nitro groups is 1. The Morgan fingerprint density at radius 3 is 2.42 bits per heavy atom. The lowest BCUT2D eigenvalue weighted by atomic mass is 9.91. The summed E-state index contributed by atoms with van der Waals surface area (Å²) < 4.78 is 0. The zero-order valence-electron chi connectivity index (χ0n) is 19.2. The molecule has 1 aromatic heterocycles. The summed E-state index contributed by atoms with van der Waals surface area (Å²) >= 11 is 0. The number of aromatic nitrogens is 1. The highest BCUT2D eigenvalue weighted by molar-refractivity contribution is 5.95. The molecule has 0 unspecified atom stereocenters. The van der Waals surface area contributed by atoms with E-state index >= 15 is 0 Å². The molecule has 1 aliphatic rings. The van der Waals surface area contributed by atoms with Crippen molar-refractivity contribution in [3.63, 3.8) is 0 Å². The van der Waals surface area contributed by atoms with Gasteiger partial charge < -0.3 is 15.5 Å². The molecule has 0 spiro atoms. The quantitative estimate of drug-likeness (QED) is 0.421. The van der Waals surface area contributed by atoms with Crippen LogP contribution < -0.4 is 15.5 Å². The number of benzene rings is 2. The molecule has 1 aliphatic carbocycles. The number of anilines is 2. The molecule has 0 bridgehead atoms. The zero-order valence-corrected chi connectivity index (χ0v) is 19.2. The number of carbonyl (C=O) groups excluding carboxylic acids is 1. The number of hydrogen-bond acceptors (Lipinski definition) is 6. The maximum Gasteiger partial charge on any atom is 0.272 e. The second-order valence-corrected chi connectivity index (χ2v) is 8.86. The van der Waals surface area contributed by atoms with Crippen LogP contribution in [0.4, 0.5) is 17.2 Å². The van der Waals surface area contributed by atoms with Crippen molar-refractivity contribution in [1.82, 2.24) is 10.3 Å². The van der Waals surface area contributed by atoms with Crippen molar-refractivity contribution in [3.8, 4) is 0 Å². The Morgan fingerprint density at radius 2 is 1.76 bits per heavy atom.